The Bertz CT molecular complexity index is 184. The highest BCUT2D eigenvalue weighted by molar-refractivity contribution is 5.78. The van der Waals surface area contributed by atoms with Gasteiger partial charge in [-0.15, -0.1) is 0 Å². The lowest BCUT2D eigenvalue weighted by molar-refractivity contribution is -0.134. The summed E-state index contributed by atoms with van der Waals surface area (Å²) in [5.74, 6) is 1.15. The van der Waals surface area contributed by atoms with Crippen LogP contribution in [0, 0.1) is 11.8 Å². The number of carbonyl (C=O) groups excluding carboxylic acids is 1. The van der Waals surface area contributed by atoms with Gasteiger partial charge in [0, 0.05) is 26.6 Å². The van der Waals surface area contributed by atoms with Gasteiger partial charge in [-0.3, -0.25) is 4.79 Å². The predicted octanol–water partition coefficient (Wildman–Crippen LogP) is 1.26. The quantitative estimate of drug-likeness (QED) is 0.743. The topological polar surface area (TPSA) is 40.5 Å². The summed E-state index contributed by atoms with van der Waals surface area (Å²) < 4.78 is 0. The largest absolute Gasteiger partial charge is 0.396 e. The molecule has 0 aromatic rings. The Morgan fingerprint density at radius 1 is 1.29 bits per heavy atom. The van der Waals surface area contributed by atoms with Crippen LogP contribution in [0.5, 0.6) is 0 Å². The first-order valence-corrected chi connectivity index (χ1v) is 5.47. The van der Waals surface area contributed by atoms with Crippen LogP contribution in [0.15, 0.2) is 0 Å². The summed E-state index contributed by atoms with van der Waals surface area (Å²) in [6.45, 7) is 0.289. The second kappa shape index (κ2) is 5.35. The summed E-state index contributed by atoms with van der Waals surface area (Å²) in [6, 6.07) is 0. The van der Waals surface area contributed by atoms with Crippen molar-refractivity contribution < 1.29 is 9.90 Å². The Morgan fingerprint density at radius 3 is 2.29 bits per heavy atom. The van der Waals surface area contributed by atoms with E-state index < -0.39 is 0 Å². The van der Waals surface area contributed by atoms with E-state index in [1.165, 1.54) is 0 Å². The fourth-order valence-corrected chi connectivity index (χ4v) is 2.25. The molecule has 14 heavy (non-hydrogen) atoms. The van der Waals surface area contributed by atoms with Crippen LogP contribution in [-0.2, 0) is 4.79 Å². The summed E-state index contributed by atoms with van der Waals surface area (Å²) in [6.07, 6.45) is 5.11. The summed E-state index contributed by atoms with van der Waals surface area (Å²) in [7, 11) is 3.64. The van der Waals surface area contributed by atoms with E-state index in [9.17, 15) is 4.79 Å². The van der Waals surface area contributed by atoms with Crippen LogP contribution >= 0.6 is 0 Å². The monoisotopic (exact) mass is 199 g/mol. The second-order valence-electron chi connectivity index (χ2n) is 4.46. The molecule has 3 nitrogen and oxygen atoms in total. The molecule has 1 saturated carbocycles. The third kappa shape index (κ3) is 2.98. The van der Waals surface area contributed by atoms with Crippen LogP contribution in [0.4, 0.5) is 0 Å². The van der Waals surface area contributed by atoms with E-state index in [0.717, 1.165) is 32.1 Å². The average Bonchev–Trinajstić information content (AvgIpc) is 2.18. The van der Waals surface area contributed by atoms with Crippen molar-refractivity contribution in [3.05, 3.63) is 0 Å². The fourth-order valence-electron chi connectivity index (χ4n) is 2.25. The minimum atomic E-state index is 0.236. The van der Waals surface area contributed by atoms with Crippen LogP contribution in [0.2, 0.25) is 0 Å². The number of rotatable bonds is 3. The van der Waals surface area contributed by atoms with E-state index in [4.69, 9.17) is 5.11 Å². The van der Waals surface area contributed by atoms with Crippen molar-refractivity contribution in [1.82, 2.24) is 4.90 Å². The molecule has 0 spiro atoms. The molecule has 0 aliphatic heterocycles. The van der Waals surface area contributed by atoms with E-state index in [1.54, 1.807) is 4.90 Å². The fraction of sp³-hybridized carbons (Fsp3) is 0.909. The molecule has 1 N–H and O–H groups in total. The van der Waals surface area contributed by atoms with Gasteiger partial charge in [0.1, 0.15) is 0 Å². The van der Waals surface area contributed by atoms with Crippen molar-refractivity contribution in [3.63, 3.8) is 0 Å². The third-order valence-corrected chi connectivity index (χ3v) is 3.17. The number of hydrogen-bond donors (Lipinski definition) is 1. The van der Waals surface area contributed by atoms with Gasteiger partial charge in [-0.05, 0) is 38.0 Å². The smallest absolute Gasteiger partial charge is 0.225 e. The van der Waals surface area contributed by atoms with Gasteiger partial charge in [0.2, 0.25) is 5.91 Å². The maximum atomic E-state index is 11.6. The Labute approximate surface area is 86.1 Å². The molecule has 0 unspecified atom stereocenters. The van der Waals surface area contributed by atoms with E-state index >= 15 is 0 Å². The number of amides is 1. The lowest BCUT2D eigenvalue weighted by Crippen LogP contribution is -2.32. The van der Waals surface area contributed by atoms with Gasteiger partial charge in [0.15, 0.2) is 0 Å². The predicted molar refractivity (Wildman–Crippen MR) is 55.8 cm³/mol. The Hall–Kier alpha value is -0.570. The van der Waals surface area contributed by atoms with Crippen molar-refractivity contribution in [2.75, 3.05) is 20.7 Å². The first kappa shape index (κ1) is 11.5. The molecule has 0 radical (unpaired) electrons. The van der Waals surface area contributed by atoms with E-state index in [-0.39, 0.29) is 18.4 Å². The van der Waals surface area contributed by atoms with Crippen molar-refractivity contribution in [2.45, 2.75) is 32.1 Å². The molecule has 1 fully saturated rings. The zero-order valence-electron chi connectivity index (χ0n) is 9.20. The highest BCUT2D eigenvalue weighted by atomic mass is 16.3. The summed E-state index contributed by atoms with van der Waals surface area (Å²) >= 11 is 0. The SMILES string of the molecule is CN(C)C(=O)C1CCC(CCO)CC1. The molecule has 0 aromatic carbocycles. The highest BCUT2D eigenvalue weighted by Crippen LogP contribution is 2.31. The molecule has 0 atom stereocenters. The van der Waals surface area contributed by atoms with Crippen LogP contribution < -0.4 is 0 Å². The molecule has 1 aliphatic rings. The minimum Gasteiger partial charge on any atom is -0.396 e. The normalized spacial score (nSPS) is 27.4. The van der Waals surface area contributed by atoms with Crippen molar-refractivity contribution in [3.8, 4) is 0 Å². The van der Waals surface area contributed by atoms with Gasteiger partial charge in [0.05, 0.1) is 0 Å². The minimum absolute atomic E-state index is 0.236. The molecule has 3 heteroatoms. The van der Waals surface area contributed by atoms with Crippen molar-refractivity contribution >= 4 is 5.91 Å². The molecule has 0 heterocycles. The van der Waals surface area contributed by atoms with E-state index in [1.807, 2.05) is 14.1 Å². The number of nitrogens with zero attached hydrogens (tertiary/aromatic N) is 1. The molecule has 0 saturated heterocycles. The summed E-state index contributed by atoms with van der Waals surface area (Å²) in [4.78, 5) is 13.3. The van der Waals surface area contributed by atoms with Crippen LogP contribution in [0.25, 0.3) is 0 Å². The van der Waals surface area contributed by atoms with Gasteiger partial charge in [-0.25, -0.2) is 0 Å². The molecule has 1 rings (SSSR count). The average molecular weight is 199 g/mol. The molecule has 82 valence electrons. The molecule has 1 aliphatic carbocycles. The first-order valence-electron chi connectivity index (χ1n) is 5.47. The number of aliphatic hydroxyl groups excluding tert-OH is 1. The highest BCUT2D eigenvalue weighted by Gasteiger charge is 2.26. The van der Waals surface area contributed by atoms with Crippen LogP contribution in [0.1, 0.15) is 32.1 Å². The maximum Gasteiger partial charge on any atom is 0.225 e. The summed E-state index contributed by atoms with van der Waals surface area (Å²) in [5, 5.41) is 8.81. The lowest BCUT2D eigenvalue weighted by Gasteiger charge is -2.28. The Morgan fingerprint density at radius 2 is 1.86 bits per heavy atom. The zero-order valence-corrected chi connectivity index (χ0v) is 9.20. The van der Waals surface area contributed by atoms with Crippen LogP contribution in [0.3, 0.4) is 0 Å². The molecular weight excluding hydrogens is 178 g/mol. The first-order chi connectivity index (χ1) is 6.65. The molecular formula is C11H21NO2. The van der Waals surface area contributed by atoms with Gasteiger partial charge < -0.3 is 10.0 Å². The van der Waals surface area contributed by atoms with Crippen molar-refractivity contribution in [2.24, 2.45) is 11.8 Å². The van der Waals surface area contributed by atoms with Gasteiger partial charge in [-0.2, -0.15) is 0 Å². The second-order valence-corrected chi connectivity index (χ2v) is 4.46. The lowest BCUT2D eigenvalue weighted by atomic mass is 9.80. The zero-order chi connectivity index (χ0) is 10.6. The number of hydrogen-bond acceptors (Lipinski definition) is 2. The summed E-state index contributed by atoms with van der Waals surface area (Å²) in [5.41, 5.74) is 0. The molecule has 0 aromatic heterocycles. The van der Waals surface area contributed by atoms with E-state index in [2.05, 4.69) is 0 Å². The van der Waals surface area contributed by atoms with Crippen LogP contribution in [-0.4, -0.2) is 36.6 Å². The standard InChI is InChI=1S/C11H21NO2/c1-12(2)11(14)10-5-3-9(4-6-10)7-8-13/h9-10,13H,3-8H2,1-2H3. The number of aliphatic hydroxyl groups is 1. The maximum absolute atomic E-state index is 11.6. The number of carbonyl (C=O) groups is 1. The Kier molecular flexibility index (Phi) is 4.39. The molecule has 0 bridgehead atoms. The third-order valence-electron chi connectivity index (χ3n) is 3.17. The molecule has 1 amide bonds. The van der Waals surface area contributed by atoms with Gasteiger partial charge in [0.25, 0.3) is 0 Å². The van der Waals surface area contributed by atoms with E-state index in [0.29, 0.717) is 5.92 Å². The van der Waals surface area contributed by atoms with Crippen molar-refractivity contribution in [1.29, 1.82) is 0 Å². The van der Waals surface area contributed by atoms with Gasteiger partial charge >= 0.3 is 0 Å². The van der Waals surface area contributed by atoms with Gasteiger partial charge in [-0.1, -0.05) is 0 Å². The Balaban J connectivity index is 2.32.